The van der Waals surface area contributed by atoms with Crippen molar-refractivity contribution >= 4 is 0 Å². The van der Waals surface area contributed by atoms with Crippen LogP contribution in [0.5, 0.6) is 0 Å². The number of ether oxygens (including phenoxy) is 4. The molecule has 5 nitrogen and oxygen atoms in total. The fraction of sp³-hybridized carbons (Fsp3) is 0.818. The van der Waals surface area contributed by atoms with Crippen LogP contribution in [0.3, 0.4) is 0 Å². The molecule has 0 aromatic rings. The SMILES string of the molecule is C=C[C@@]1(O)CO[C@@H](OC)[C@@H]2OC(C)(C)O[C@@H]21. The van der Waals surface area contributed by atoms with Gasteiger partial charge in [-0.05, 0) is 13.8 Å². The number of fused-ring (bicyclic) bond motifs is 1. The minimum Gasteiger partial charge on any atom is -0.381 e. The largest absolute Gasteiger partial charge is 0.381 e. The monoisotopic (exact) mass is 230 g/mol. The minimum atomic E-state index is -1.23. The highest BCUT2D eigenvalue weighted by Crippen LogP contribution is 2.40. The van der Waals surface area contributed by atoms with Gasteiger partial charge in [0.2, 0.25) is 0 Å². The molecule has 0 radical (unpaired) electrons. The first-order valence-electron chi connectivity index (χ1n) is 5.28. The number of methoxy groups -OCH3 is 1. The molecule has 0 unspecified atom stereocenters. The molecule has 4 atom stereocenters. The van der Waals surface area contributed by atoms with Gasteiger partial charge in [0, 0.05) is 7.11 Å². The summed E-state index contributed by atoms with van der Waals surface area (Å²) in [7, 11) is 1.54. The molecule has 0 saturated carbocycles. The van der Waals surface area contributed by atoms with Gasteiger partial charge in [-0.15, -0.1) is 6.58 Å². The predicted molar refractivity (Wildman–Crippen MR) is 55.7 cm³/mol. The number of hydrogen-bond acceptors (Lipinski definition) is 5. The average molecular weight is 230 g/mol. The van der Waals surface area contributed by atoms with E-state index in [-0.39, 0.29) is 6.61 Å². The van der Waals surface area contributed by atoms with E-state index in [0.29, 0.717) is 0 Å². The topological polar surface area (TPSA) is 57.2 Å². The molecule has 0 spiro atoms. The second-order valence-electron chi connectivity index (χ2n) is 4.63. The Labute approximate surface area is 94.9 Å². The molecule has 2 fully saturated rings. The number of aliphatic hydroxyl groups is 1. The molecular weight excluding hydrogens is 212 g/mol. The van der Waals surface area contributed by atoms with Crippen LogP contribution in [0, 0.1) is 0 Å². The summed E-state index contributed by atoms with van der Waals surface area (Å²) in [5.74, 6) is -0.753. The molecule has 2 aliphatic rings. The minimum absolute atomic E-state index is 0.0929. The van der Waals surface area contributed by atoms with E-state index >= 15 is 0 Å². The van der Waals surface area contributed by atoms with E-state index in [4.69, 9.17) is 18.9 Å². The van der Waals surface area contributed by atoms with Crippen LogP contribution in [0.4, 0.5) is 0 Å². The lowest BCUT2D eigenvalue weighted by molar-refractivity contribution is -0.253. The molecule has 2 saturated heterocycles. The van der Waals surface area contributed by atoms with Crippen molar-refractivity contribution in [3.63, 3.8) is 0 Å². The van der Waals surface area contributed by atoms with Gasteiger partial charge >= 0.3 is 0 Å². The summed E-state index contributed by atoms with van der Waals surface area (Å²) in [6, 6.07) is 0. The lowest BCUT2D eigenvalue weighted by Gasteiger charge is -2.40. The molecule has 0 bridgehead atoms. The van der Waals surface area contributed by atoms with E-state index in [0.717, 1.165) is 0 Å². The Morgan fingerprint density at radius 3 is 2.69 bits per heavy atom. The van der Waals surface area contributed by atoms with Crippen molar-refractivity contribution in [1.82, 2.24) is 0 Å². The van der Waals surface area contributed by atoms with Crippen LogP contribution in [-0.4, -0.2) is 48.7 Å². The Bertz CT molecular complexity index is 290. The normalized spacial score (nSPS) is 46.4. The van der Waals surface area contributed by atoms with Crippen molar-refractivity contribution in [2.45, 2.75) is 43.7 Å². The fourth-order valence-corrected chi connectivity index (χ4v) is 2.14. The van der Waals surface area contributed by atoms with Gasteiger partial charge < -0.3 is 24.1 Å². The smallest absolute Gasteiger partial charge is 0.186 e. The Balaban J connectivity index is 2.27. The Morgan fingerprint density at radius 2 is 2.12 bits per heavy atom. The standard InChI is InChI=1S/C11H18O5/c1-5-11(12)6-14-9(13-4)7-8(11)16-10(2,3)15-7/h5,7-9,12H,1,6H2,2-4H3/t7-,8+,9-,11-/m1/s1. The molecule has 0 aromatic carbocycles. The van der Waals surface area contributed by atoms with E-state index in [2.05, 4.69) is 6.58 Å². The summed E-state index contributed by atoms with van der Waals surface area (Å²) in [5, 5.41) is 10.3. The zero-order chi connectivity index (χ0) is 12.0. The van der Waals surface area contributed by atoms with Gasteiger partial charge in [-0.2, -0.15) is 0 Å². The molecule has 2 aliphatic heterocycles. The molecule has 2 heterocycles. The molecule has 0 aromatic heterocycles. The lowest BCUT2D eigenvalue weighted by Crippen LogP contribution is -2.59. The van der Waals surface area contributed by atoms with Crippen molar-refractivity contribution in [2.24, 2.45) is 0 Å². The average Bonchev–Trinajstić information content (AvgIpc) is 2.56. The lowest BCUT2D eigenvalue weighted by atomic mass is 9.91. The molecule has 92 valence electrons. The third-order valence-electron chi connectivity index (χ3n) is 2.95. The first-order chi connectivity index (χ1) is 7.42. The molecular formula is C11H18O5. The van der Waals surface area contributed by atoms with E-state index in [9.17, 15) is 5.11 Å². The maximum Gasteiger partial charge on any atom is 0.186 e. The van der Waals surface area contributed by atoms with Crippen LogP contribution < -0.4 is 0 Å². The molecule has 0 amide bonds. The number of rotatable bonds is 2. The van der Waals surface area contributed by atoms with E-state index in [1.54, 1.807) is 13.8 Å². The van der Waals surface area contributed by atoms with E-state index in [1.807, 2.05) is 0 Å². The van der Waals surface area contributed by atoms with Gasteiger partial charge in [0.25, 0.3) is 0 Å². The van der Waals surface area contributed by atoms with Crippen LogP contribution in [0.2, 0.25) is 0 Å². The molecule has 2 rings (SSSR count). The number of hydrogen-bond donors (Lipinski definition) is 1. The highest BCUT2D eigenvalue weighted by Gasteiger charge is 2.57. The summed E-state index contributed by atoms with van der Waals surface area (Å²) in [5.41, 5.74) is -1.23. The van der Waals surface area contributed by atoms with Crippen molar-refractivity contribution in [1.29, 1.82) is 0 Å². The molecule has 5 heteroatoms. The second kappa shape index (κ2) is 3.78. The Hall–Kier alpha value is -0.460. The van der Waals surface area contributed by atoms with Crippen LogP contribution in [-0.2, 0) is 18.9 Å². The second-order valence-corrected chi connectivity index (χ2v) is 4.63. The Morgan fingerprint density at radius 1 is 1.44 bits per heavy atom. The highest BCUT2D eigenvalue weighted by atomic mass is 16.8. The third kappa shape index (κ3) is 1.78. The summed E-state index contributed by atoms with van der Waals surface area (Å²) in [4.78, 5) is 0. The summed E-state index contributed by atoms with van der Waals surface area (Å²) < 4.78 is 21.9. The highest BCUT2D eigenvalue weighted by molar-refractivity contribution is 5.10. The molecule has 1 N–H and O–H groups in total. The first kappa shape index (κ1) is 12.0. The van der Waals surface area contributed by atoms with Crippen molar-refractivity contribution in [3.8, 4) is 0 Å². The van der Waals surface area contributed by atoms with Gasteiger partial charge in [-0.3, -0.25) is 0 Å². The predicted octanol–water partition coefficient (Wildman–Crippen LogP) is 0.426. The van der Waals surface area contributed by atoms with Gasteiger partial charge in [-0.25, -0.2) is 0 Å². The van der Waals surface area contributed by atoms with Crippen molar-refractivity contribution in [3.05, 3.63) is 12.7 Å². The zero-order valence-electron chi connectivity index (χ0n) is 9.80. The summed E-state index contributed by atoms with van der Waals surface area (Å²) in [6.07, 6.45) is -0.0520. The third-order valence-corrected chi connectivity index (χ3v) is 2.95. The van der Waals surface area contributed by atoms with E-state index in [1.165, 1.54) is 13.2 Å². The van der Waals surface area contributed by atoms with Gasteiger partial charge in [-0.1, -0.05) is 6.08 Å². The summed E-state index contributed by atoms with van der Waals surface area (Å²) in [6.45, 7) is 7.29. The maximum atomic E-state index is 10.3. The quantitative estimate of drug-likeness (QED) is 0.697. The van der Waals surface area contributed by atoms with Crippen LogP contribution in [0.1, 0.15) is 13.8 Å². The molecule has 0 aliphatic carbocycles. The maximum absolute atomic E-state index is 10.3. The fourth-order valence-electron chi connectivity index (χ4n) is 2.14. The van der Waals surface area contributed by atoms with Crippen LogP contribution in [0.15, 0.2) is 12.7 Å². The van der Waals surface area contributed by atoms with Crippen LogP contribution >= 0.6 is 0 Å². The van der Waals surface area contributed by atoms with Gasteiger partial charge in [0.15, 0.2) is 12.1 Å². The summed E-state index contributed by atoms with van der Waals surface area (Å²) >= 11 is 0. The zero-order valence-corrected chi connectivity index (χ0v) is 9.80. The van der Waals surface area contributed by atoms with Crippen molar-refractivity contribution in [2.75, 3.05) is 13.7 Å². The molecule has 16 heavy (non-hydrogen) atoms. The van der Waals surface area contributed by atoms with Gasteiger partial charge in [0.05, 0.1) is 6.61 Å². The first-order valence-corrected chi connectivity index (χ1v) is 5.28. The Kier molecular flexibility index (Phi) is 2.84. The van der Waals surface area contributed by atoms with E-state index < -0.39 is 29.9 Å². The van der Waals surface area contributed by atoms with Crippen LogP contribution in [0.25, 0.3) is 0 Å². The van der Waals surface area contributed by atoms with Crippen molar-refractivity contribution < 1.29 is 24.1 Å². The van der Waals surface area contributed by atoms with Gasteiger partial charge in [0.1, 0.15) is 17.8 Å².